The van der Waals surface area contributed by atoms with Gasteiger partial charge in [0, 0.05) is 6.54 Å². The Morgan fingerprint density at radius 3 is 2.55 bits per heavy atom. The fraction of sp³-hybridized carbons (Fsp3) is 0.900. The second kappa shape index (κ2) is 7.77. The molecule has 66 valence electrons. The van der Waals surface area contributed by atoms with Gasteiger partial charge in [-0.15, -0.1) is 0 Å². The maximum atomic E-state index is 4.29. The van der Waals surface area contributed by atoms with Gasteiger partial charge >= 0.3 is 0 Å². The Morgan fingerprint density at radius 2 is 2.00 bits per heavy atom. The molecule has 0 spiro atoms. The van der Waals surface area contributed by atoms with Crippen molar-refractivity contribution in [2.24, 2.45) is 10.9 Å². The first-order valence-corrected chi connectivity index (χ1v) is 4.79. The average molecular weight is 155 g/mol. The van der Waals surface area contributed by atoms with E-state index < -0.39 is 0 Å². The van der Waals surface area contributed by atoms with Crippen LogP contribution in [-0.2, 0) is 0 Å². The van der Waals surface area contributed by atoms with Crippen LogP contribution in [0.25, 0.3) is 0 Å². The minimum atomic E-state index is 0.820. The van der Waals surface area contributed by atoms with Gasteiger partial charge in [0.2, 0.25) is 0 Å². The maximum absolute atomic E-state index is 4.29. The van der Waals surface area contributed by atoms with Gasteiger partial charge in [-0.05, 0) is 25.0 Å². The SMILES string of the molecule is CCCN=CCC(C)CCC. The predicted molar refractivity (Wildman–Crippen MR) is 52.3 cm³/mol. The van der Waals surface area contributed by atoms with Crippen LogP contribution in [0.4, 0.5) is 0 Å². The first-order valence-electron chi connectivity index (χ1n) is 4.79. The highest BCUT2D eigenvalue weighted by Crippen LogP contribution is 2.07. The molecule has 0 aliphatic heterocycles. The molecule has 0 N–H and O–H groups in total. The van der Waals surface area contributed by atoms with Crippen LogP contribution in [0.2, 0.25) is 0 Å². The van der Waals surface area contributed by atoms with Crippen molar-refractivity contribution in [1.82, 2.24) is 0 Å². The number of nitrogens with zero attached hydrogens (tertiary/aromatic N) is 1. The first-order chi connectivity index (χ1) is 5.31. The van der Waals surface area contributed by atoms with Gasteiger partial charge in [-0.2, -0.15) is 0 Å². The highest BCUT2D eigenvalue weighted by molar-refractivity contribution is 5.57. The summed E-state index contributed by atoms with van der Waals surface area (Å²) in [5, 5.41) is 0. The highest BCUT2D eigenvalue weighted by Gasteiger charge is 1.95. The molecule has 0 aromatic carbocycles. The molecular formula is C10H21N. The van der Waals surface area contributed by atoms with Crippen molar-refractivity contribution in [2.45, 2.75) is 46.5 Å². The number of hydrogen-bond acceptors (Lipinski definition) is 1. The van der Waals surface area contributed by atoms with E-state index in [0.29, 0.717) is 0 Å². The molecule has 0 bridgehead atoms. The van der Waals surface area contributed by atoms with E-state index in [2.05, 4.69) is 32.0 Å². The van der Waals surface area contributed by atoms with Crippen molar-refractivity contribution in [3.8, 4) is 0 Å². The Hall–Kier alpha value is -0.330. The van der Waals surface area contributed by atoms with Gasteiger partial charge in [0.1, 0.15) is 0 Å². The van der Waals surface area contributed by atoms with Crippen LogP contribution >= 0.6 is 0 Å². The second-order valence-electron chi connectivity index (χ2n) is 3.22. The minimum Gasteiger partial charge on any atom is -0.298 e. The van der Waals surface area contributed by atoms with E-state index in [4.69, 9.17) is 0 Å². The van der Waals surface area contributed by atoms with Gasteiger partial charge in [-0.3, -0.25) is 4.99 Å². The molecule has 0 rings (SSSR count). The van der Waals surface area contributed by atoms with Crippen LogP contribution in [0.3, 0.4) is 0 Å². The molecule has 1 atom stereocenters. The minimum absolute atomic E-state index is 0.820. The molecule has 0 aromatic heterocycles. The molecule has 0 aromatic rings. The molecule has 0 saturated heterocycles. The van der Waals surface area contributed by atoms with E-state index in [1.807, 2.05) is 0 Å². The Bertz CT molecular complexity index is 97.0. The van der Waals surface area contributed by atoms with Gasteiger partial charge in [0.15, 0.2) is 0 Å². The molecule has 0 heterocycles. The fourth-order valence-electron chi connectivity index (χ4n) is 1.09. The Kier molecular flexibility index (Phi) is 7.54. The van der Waals surface area contributed by atoms with E-state index in [1.54, 1.807) is 0 Å². The quantitative estimate of drug-likeness (QED) is 0.522. The fourth-order valence-corrected chi connectivity index (χ4v) is 1.09. The molecule has 1 nitrogen and oxygen atoms in total. The zero-order valence-electron chi connectivity index (χ0n) is 8.14. The second-order valence-corrected chi connectivity index (χ2v) is 3.22. The lowest BCUT2D eigenvalue weighted by molar-refractivity contribution is 0.547. The van der Waals surface area contributed by atoms with Gasteiger partial charge < -0.3 is 0 Å². The van der Waals surface area contributed by atoms with Gasteiger partial charge in [-0.1, -0.05) is 33.6 Å². The standard InChI is InChI=1S/C10H21N/c1-4-6-10(3)7-9-11-8-5-2/h9-10H,4-8H2,1-3H3. The normalized spacial score (nSPS) is 14.1. The van der Waals surface area contributed by atoms with E-state index in [-0.39, 0.29) is 0 Å². The van der Waals surface area contributed by atoms with Crippen LogP contribution in [-0.4, -0.2) is 12.8 Å². The van der Waals surface area contributed by atoms with E-state index in [1.165, 1.54) is 19.3 Å². The smallest absolute Gasteiger partial charge is 0.0382 e. The molecule has 0 amide bonds. The van der Waals surface area contributed by atoms with Crippen LogP contribution in [0.15, 0.2) is 4.99 Å². The molecule has 0 aliphatic carbocycles. The largest absolute Gasteiger partial charge is 0.298 e. The van der Waals surface area contributed by atoms with Crippen molar-refractivity contribution < 1.29 is 0 Å². The van der Waals surface area contributed by atoms with Crippen LogP contribution in [0, 0.1) is 5.92 Å². The molecular weight excluding hydrogens is 134 g/mol. The van der Waals surface area contributed by atoms with Crippen molar-refractivity contribution in [2.75, 3.05) is 6.54 Å². The van der Waals surface area contributed by atoms with E-state index >= 15 is 0 Å². The lowest BCUT2D eigenvalue weighted by atomic mass is 10.0. The van der Waals surface area contributed by atoms with Gasteiger partial charge in [0.25, 0.3) is 0 Å². The summed E-state index contributed by atoms with van der Waals surface area (Å²) in [6.07, 6.45) is 7.04. The monoisotopic (exact) mass is 155 g/mol. The van der Waals surface area contributed by atoms with Crippen molar-refractivity contribution >= 4 is 6.21 Å². The molecule has 0 fully saturated rings. The third kappa shape index (κ3) is 7.57. The Balaban J connectivity index is 3.21. The molecule has 1 heteroatoms. The number of aliphatic imine (C=N–C) groups is 1. The van der Waals surface area contributed by atoms with E-state index in [9.17, 15) is 0 Å². The lowest BCUT2D eigenvalue weighted by Crippen LogP contribution is -1.94. The predicted octanol–water partition coefficient (Wildman–Crippen LogP) is 3.29. The molecule has 11 heavy (non-hydrogen) atoms. The lowest BCUT2D eigenvalue weighted by Gasteiger charge is -2.04. The zero-order valence-corrected chi connectivity index (χ0v) is 8.14. The topological polar surface area (TPSA) is 12.4 Å². The third-order valence-corrected chi connectivity index (χ3v) is 1.77. The van der Waals surface area contributed by atoms with Crippen molar-refractivity contribution in [3.05, 3.63) is 0 Å². The molecule has 0 aliphatic rings. The summed E-state index contributed by atoms with van der Waals surface area (Å²) < 4.78 is 0. The average Bonchev–Trinajstić information content (AvgIpc) is 1.99. The van der Waals surface area contributed by atoms with E-state index in [0.717, 1.165) is 18.9 Å². The van der Waals surface area contributed by atoms with Crippen molar-refractivity contribution in [3.63, 3.8) is 0 Å². The van der Waals surface area contributed by atoms with Crippen LogP contribution in [0.1, 0.15) is 46.5 Å². The maximum Gasteiger partial charge on any atom is 0.0382 e. The summed E-state index contributed by atoms with van der Waals surface area (Å²) in [7, 11) is 0. The first kappa shape index (κ1) is 10.7. The highest BCUT2D eigenvalue weighted by atomic mass is 14.7. The molecule has 0 saturated carbocycles. The summed E-state index contributed by atoms with van der Waals surface area (Å²) in [6, 6.07) is 0. The Labute approximate surface area is 70.9 Å². The van der Waals surface area contributed by atoms with Crippen LogP contribution in [0.5, 0.6) is 0 Å². The van der Waals surface area contributed by atoms with Gasteiger partial charge in [-0.25, -0.2) is 0 Å². The summed E-state index contributed by atoms with van der Waals surface area (Å²) in [5.74, 6) is 0.820. The summed E-state index contributed by atoms with van der Waals surface area (Å²) in [6.45, 7) is 7.69. The molecule has 1 unspecified atom stereocenters. The third-order valence-electron chi connectivity index (χ3n) is 1.77. The van der Waals surface area contributed by atoms with Crippen molar-refractivity contribution in [1.29, 1.82) is 0 Å². The molecule has 0 radical (unpaired) electrons. The number of rotatable bonds is 6. The zero-order chi connectivity index (χ0) is 8.53. The summed E-state index contributed by atoms with van der Waals surface area (Å²) in [5.41, 5.74) is 0. The van der Waals surface area contributed by atoms with Crippen LogP contribution < -0.4 is 0 Å². The Morgan fingerprint density at radius 1 is 1.27 bits per heavy atom. The van der Waals surface area contributed by atoms with Gasteiger partial charge in [0.05, 0.1) is 0 Å². The summed E-state index contributed by atoms with van der Waals surface area (Å²) in [4.78, 5) is 4.29. The number of hydrogen-bond donors (Lipinski definition) is 0. The summed E-state index contributed by atoms with van der Waals surface area (Å²) >= 11 is 0.